The highest BCUT2D eigenvalue weighted by molar-refractivity contribution is 9.10. The van der Waals surface area contributed by atoms with Crippen LogP contribution < -0.4 is 0 Å². The molecule has 0 aliphatic carbocycles. The van der Waals surface area contributed by atoms with Gasteiger partial charge in [0.2, 0.25) is 0 Å². The monoisotopic (exact) mass is 514 g/mol. The van der Waals surface area contributed by atoms with Crippen molar-refractivity contribution in [1.82, 2.24) is 10.1 Å². The van der Waals surface area contributed by atoms with Crippen LogP contribution in [-0.2, 0) is 17.1 Å². The van der Waals surface area contributed by atoms with Crippen LogP contribution >= 0.6 is 15.9 Å². The van der Waals surface area contributed by atoms with Crippen LogP contribution in [0.25, 0.3) is 0 Å². The number of carbonyl (C=O) groups excluding carboxylic acids is 1. The van der Waals surface area contributed by atoms with Gasteiger partial charge in [-0.05, 0) is 18.6 Å². The minimum absolute atomic E-state index is 0.131. The maximum atomic E-state index is 14.6. The Morgan fingerprint density at radius 3 is 2.88 bits per heavy atom. The quantitative estimate of drug-likeness (QED) is 0.486. The smallest absolute Gasteiger partial charge is 0.410 e. The Kier molecular flexibility index (Phi) is 7.62. The molecule has 2 N–H and O–H groups in total. The van der Waals surface area contributed by atoms with Crippen molar-refractivity contribution >= 4 is 28.0 Å². The van der Waals surface area contributed by atoms with Gasteiger partial charge in [-0.15, -0.1) is 0 Å². The van der Waals surface area contributed by atoms with E-state index < -0.39 is 30.1 Å². The molecule has 2 heterocycles. The largest absolute Gasteiger partial charge is 0.476 e. The summed E-state index contributed by atoms with van der Waals surface area (Å²) in [5.74, 6) is -4.37. The summed E-state index contributed by atoms with van der Waals surface area (Å²) >= 11 is 3.14. The lowest BCUT2D eigenvalue weighted by Crippen LogP contribution is -2.45. The summed E-state index contributed by atoms with van der Waals surface area (Å²) in [6.45, 7) is 0.349. The van der Waals surface area contributed by atoms with Crippen LogP contribution in [0, 0.1) is 0 Å². The van der Waals surface area contributed by atoms with Crippen molar-refractivity contribution in [2.75, 3.05) is 13.2 Å². The van der Waals surface area contributed by atoms with Crippen molar-refractivity contribution in [2.24, 2.45) is 0 Å². The average Bonchev–Trinajstić information content (AvgIpc) is 3.23. The fourth-order valence-electron chi connectivity index (χ4n) is 3.27. The lowest BCUT2D eigenvalue weighted by atomic mass is 10.0. The molecule has 172 valence electrons. The Hall–Kier alpha value is -2.79. The first-order valence-electron chi connectivity index (χ1n) is 9.81. The molecule has 8 nitrogen and oxygen atoms in total. The Morgan fingerprint density at radius 2 is 2.19 bits per heavy atom. The van der Waals surface area contributed by atoms with E-state index in [0.717, 1.165) is 6.08 Å². The molecule has 1 fully saturated rings. The third-order valence-corrected chi connectivity index (χ3v) is 5.46. The highest BCUT2D eigenvalue weighted by atomic mass is 79.9. The van der Waals surface area contributed by atoms with Crippen LogP contribution in [0.2, 0.25) is 0 Å². The Morgan fingerprint density at radius 1 is 1.41 bits per heavy atom. The van der Waals surface area contributed by atoms with Gasteiger partial charge in [-0.1, -0.05) is 45.4 Å². The number of halogens is 3. The molecule has 3 rings (SSSR count). The van der Waals surface area contributed by atoms with E-state index in [-0.39, 0.29) is 24.4 Å². The third-order valence-electron chi connectivity index (χ3n) is 4.97. The number of alkyl halides is 2. The van der Waals surface area contributed by atoms with Crippen LogP contribution in [0.3, 0.4) is 0 Å². The number of carbonyl (C=O) groups is 2. The Bertz CT molecular complexity index is 996. The van der Waals surface area contributed by atoms with E-state index in [4.69, 9.17) is 14.4 Å². The van der Waals surface area contributed by atoms with Gasteiger partial charge in [0.05, 0.1) is 12.6 Å². The zero-order valence-electron chi connectivity index (χ0n) is 16.8. The van der Waals surface area contributed by atoms with Crippen LogP contribution in [0.1, 0.15) is 34.7 Å². The second kappa shape index (κ2) is 10.2. The van der Waals surface area contributed by atoms with Gasteiger partial charge in [-0.3, -0.25) is 0 Å². The molecular formula is C21H21BrF2N2O6. The molecule has 0 spiro atoms. The second-order valence-corrected chi connectivity index (χ2v) is 8.13. The van der Waals surface area contributed by atoms with Crippen molar-refractivity contribution in [2.45, 2.75) is 37.3 Å². The van der Waals surface area contributed by atoms with Gasteiger partial charge in [0, 0.05) is 35.5 Å². The number of hydrogen-bond donors (Lipinski definition) is 2. The van der Waals surface area contributed by atoms with Crippen molar-refractivity contribution in [3.8, 4) is 0 Å². The molecule has 2 atom stereocenters. The van der Waals surface area contributed by atoms with E-state index in [1.54, 1.807) is 6.07 Å². The minimum Gasteiger partial charge on any atom is -0.476 e. The number of aromatic carboxylic acids is 1. The van der Waals surface area contributed by atoms with Crippen molar-refractivity contribution in [3.63, 3.8) is 0 Å². The topological polar surface area (TPSA) is 113 Å². The minimum atomic E-state index is -3.52. The van der Waals surface area contributed by atoms with Crippen LogP contribution in [-0.4, -0.2) is 57.6 Å². The van der Waals surface area contributed by atoms with Gasteiger partial charge in [0.1, 0.15) is 11.9 Å². The summed E-state index contributed by atoms with van der Waals surface area (Å²) in [7, 11) is 0. The number of aryl methyl sites for hydroxylation is 1. The highest BCUT2D eigenvalue weighted by Crippen LogP contribution is 2.34. The molecule has 0 unspecified atom stereocenters. The van der Waals surface area contributed by atoms with Gasteiger partial charge < -0.3 is 24.4 Å². The number of nitrogens with zero attached hydrogens (tertiary/aromatic N) is 2. The SMILES string of the molecule is O=C(O)c1cc(CCCN2C(=O)OCC[C@@H]2/C=C/[C@@H](O)C(F)(F)c2cccc(Br)c2)on1. The average molecular weight is 515 g/mol. The number of aliphatic hydroxyl groups excluding tert-OH is 1. The number of aliphatic hydroxyl groups is 1. The van der Waals surface area contributed by atoms with E-state index in [1.807, 2.05) is 0 Å². The third kappa shape index (κ3) is 5.71. The van der Waals surface area contributed by atoms with Gasteiger partial charge >= 0.3 is 18.0 Å². The van der Waals surface area contributed by atoms with Crippen LogP contribution in [0.4, 0.5) is 13.6 Å². The molecule has 1 saturated heterocycles. The number of ether oxygens (including phenoxy) is 1. The molecule has 0 saturated carbocycles. The maximum Gasteiger partial charge on any atom is 0.410 e. The number of amides is 1. The van der Waals surface area contributed by atoms with Crippen LogP contribution in [0.15, 0.2) is 51.5 Å². The number of hydrogen-bond acceptors (Lipinski definition) is 6. The Balaban J connectivity index is 1.63. The summed E-state index contributed by atoms with van der Waals surface area (Å²) < 4.78 is 39.7. The molecular weight excluding hydrogens is 494 g/mol. The van der Waals surface area contributed by atoms with Crippen molar-refractivity contribution < 1.29 is 37.8 Å². The lowest BCUT2D eigenvalue weighted by Gasteiger charge is -2.33. The number of cyclic esters (lactones) is 1. The number of carboxylic acids is 1. The molecule has 1 aliphatic rings. The summed E-state index contributed by atoms with van der Waals surface area (Å²) in [5.41, 5.74) is -0.546. The summed E-state index contributed by atoms with van der Waals surface area (Å²) in [5, 5.41) is 22.4. The van der Waals surface area contributed by atoms with E-state index in [1.165, 1.54) is 35.2 Å². The highest BCUT2D eigenvalue weighted by Gasteiger charge is 2.39. The fourth-order valence-corrected chi connectivity index (χ4v) is 3.67. The van der Waals surface area contributed by atoms with Crippen molar-refractivity contribution in [1.29, 1.82) is 0 Å². The summed E-state index contributed by atoms with van der Waals surface area (Å²) in [6.07, 6.45) is 0.807. The van der Waals surface area contributed by atoms with Gasteiger partial charge in [0.25, 0.3) is 0 Å². The van der Waals surface area contributed by atoms with E-state index in [0.29, 0.717) is 29.5 Å². The van der Waals surface area contributed by atoms with E-state index in [9.17, 15) is 23.5 Å². The van der Waals surface area contributed by atoms with E-state index in [2.05, 4.69) is 21.1 Å². The number of rotatable bonds is 9. The molecule has 1 aliphatic heterocycles. The first-order valence-corrected chi connectivity index (χ1v) is 10.6. The molecule has 11 heteroatoms. The standard InChI is InChI=1S/C21H21BrF2N2O6/c22-14-4-1-3-13(11-14)21(23,24)18(27)7-6-15-8-10-31-20(30)26(15)9-2-5-16-12-17(19(28)29)25-32-16/h1,3-4,6-7,11-12,15,18,27H,2,5,8-10H2,(H,28,29)/b7-6+/t15-,18+/m0/s1. The fraction of sp³-hybridized carbons (Fsp3) is 0.381. The predicted molar refractivity (Wildman–Crippen MR) is 111 cm³/mol. The summed E-state index contributed by atoms with van der Waals surface area (Å²) in [6, 6.07) is 6.29. The second-order valence-electron chi connectivity index (χ2n) is 7.21. The number of carboxylic acid groups (broad SMARTS) is 1. The van der Waals surface area contributed by atoms with E-state index >= 15 is 0 Å². The molecule has 2 aromatic rings. The molecule has 0 bridgehead atoms. The molecule has 32 heavy (non-hydrogen) atoms. The zero-order valence-corrected chi connectivity index (χ0v) is 18.4. The lowest BCUT2D eigenvalue weighted by molar-refractivity contribution is -0.0930. The molecule has 1 amide bonds. The molecule has 0 radical (unpaired) electrons. The number of aromatic nitrogens is 1. The number of benzene rings is 1. The molecule has 1 aromatic carbocycles. The van der Waals surface area contributed by atoms with Gasteiger partial charge in [0.15, 0.2) is 5.69 Å². The predicted octanol–water partition coefficient (Wildman–Crippen LogP) is 3.99. The Labute approximate surface area is 190 Å². The molecule has 1 aromatic heterocycles. The van der Waals surface area contributed by atoms with Crippen molar-refractivity contribution in [3.05, 3.63) is 64.0 Å². The maximum absolute atomic E-state index is 14.6. The first-order chi connectivity index (χ1) is 15.2. The van der Waals surface area contributed by atoms with Gasteiger partial charge in [-0.25, -0.2) is 9.59 Å². The zero-order chi connectivity index (χ0) is 23.3. The normalized spacial score (nSPS) is 18.1. The first kappa shape index (κ1) is 23.9. The summed E-state index contributed by atoms with van der Waals surface area (Å²) in [4.78, 5) is 24.4. The van der Waals surface area contributed by atoms with Crippen LogP contribution in [0.5, 0.6) is 0 Å². The van der Waals surface area contributed by atoms with Gasteiger partial charge in [-0.2, -0.15) is 8.78 Å².